The molecule has 9 heteroatoms. The summed E-state index contributed by atoms with van der Waals surface area (Å²) >= 11 is 15.1. The van der Waals surface area contributed by atoms with E-state index in [0.29, 0.717) is 46.8 Å². The van der Waals surface area contributed by atoms with Crippen molar-refractivity contribution in [1.29, 1.82) is 0 Å². The van der Waals surface area contributed by atoms with Crippen LogP contribution in [0.15, 0.2) is 44.3 Å². The highest BCUT2D eigenvalue weighted by molar-refractivity contribution is 7.19. The lowest BCUT2D eigenvalue weighted by atomic mass is 9.97. The standard InChI is InChI=1S/C23H14Cl2N2O3S2/c24-14-6-3-5-12(19(14)25)15-9-8-11(30-15)10-17-21(29)27-22-18(20(28)26-23(27)32-17)13-4-1-2-7-16(13)31-22/h3,5-6,8-10H,1-2,4,7H2/b17-10-. The molecule has 160 valence electrons. The molecule has 0 saturated heterocycles. The summed E-state index contributed by atoms with van der Waals surface area (Å²) in [4.78, 5) is 32.6. The number of fused-ring (bicyclic) bond motifs is 5. The normalized spacial score (nSPS) is 14.5. The van der Waals surface area contributed by atoms with Gasteiger partial charge in [0, 0.05) is 16.5 Å². The van der Waals surface area contributed by atoms with Crippen molar-refractivity contribution in [2.75, 3.05) is 0 Å². The van der Waals surface area contributed by atoms with Gasteiger partial charge in [0.1, 0.15) is 20.9 Å². The van der Waals surface area contributed by atoms with Crippen LogP contribution in [0.3, 0.4) is 0 Å². The number of thiazole rings is 1. The zero-order valence-electron chi connectivity index (χ0n) is 16.5. The molecule has 0 fully saturated rings. The molecular formula is C23H14Cl2N2O3S2. The van der Waals surface area contributed by atoms with E-state index < -0.39 is 0 Å². The molecule has 6 rings (SSSR count). The second-order valence-corrected chi connectivity index (χ2v) is 10.5. The molecule has 0 atom stereocenters. The molecule has 0 bridgehead atoms. The molecule has 1 aromatic carbocycles. The van der Waals surface area contributed by atoms with E-state index in [2.05, 4.69) is 4.98 Å². The van der Waals surface area contributed by atoms with E-state index in [1.54, 1.807) is 46.1 Å². The molecule has 0 amide bonds. The van der Waals surface area contributed by atoms with Crippen LogP contribution in [0, 0.1) is 0 Å². The second kappa shape index (κ2) is 7.56. The highest BCUT2D eigenvalue weighted by Crippen LogP contribution is 2.35. The lowest BCUT2D eigenvalue weighted by Gasteiger charge is -2.09. The van der Waals surface area contributed by atoms with Gasteiger partial charge in [0.15, 0.2) is 0 Å². The maximum absolute atomic E-state index is 13.3. The van der Waals surface area contributed by atoms with Gasteiger partial charge in [-0.25, -0.2) is 4.40 Å². The Hall–Kier alpha value is -2.45. The summed E-state index contributed by atoms with van der Waals surface area (Å²) in [5.74, 6) is 1.06. The Balaban J connectivity index is 1.53. The van der Waals surface area contributed by atoms with E-state index in [1.807, 2.05) is 6.07 Å². The average molecular weight is 501 g/mol. The fourth-order valence-corrected chi connectivity index (χ4v) is 6.97. The number of halogens is 2. The fraction of sp³-hybridized carbons (Fsp3) is 0.174. The van der Waals surface area contributed by atoms with Gasteiger partial charge in [-0.05, 0) is 55.5 Å². The molecule has 0 unspecified atom stereocenters. The van der Waals surface area contributed by atoms with E-state index in [9.17, 15) is 9.59 Å². The maximum atomic E-state index is 13.3. The molecule has 4 heterocycles. The van der Waals surface area contributed by atoms with Crippen LogP contribution in [0.25, 0.3) is 32.6 Å². The smallest absolute Gasteiger partial charge is 0.282 e. The molecule has 0 saturated carbocycles. The predicted molar refractivity (Wildman–Crippen MR) is 131 cm³/mol. The fourth-order valence-electron chi connectivity index (χ4n) is 4.20. The third-order valence-electron chi connectivity index (χ3n) is 5.69. The summed E-state index contributed by atoms with van der Waals surface area (Å²) in [6.07, 6.45) is 5.67. The first-order valence-electron chi connectivity index (χ1n) is 10.1. The molecule has 1 aliphatic rings. The van der Waals surface area contributed by atoms with E-state index >= 15 is 0 Å². The number of hydrogen-bond acceptors (Lipinski definition) is 6. The molecule has 4 aromatic heterocycles. The number of thiophene rings is 1. The van der Waals surface area contributed by atoms with Crippen LogP contribution in [0.5, 0.6) is 0 Å². The first-order valence-corrected chi connectivity index (χ1v) is 12.5. The largest absolute Gasteiger partial charge is 0.457 e. The van der Waals surface area contributed by atoms with Crippen molar-refractivity contribution in [3.63, 3.8) is 0 Å². The topological polar surface area (TPSA) is 64.6 Å². The summed E-state index contributed by atoms with van der Waals surface area (Å²) in [5.41, 5.74) is 1.31. The molecule has 32 heavy (non-hydrogen) atoms. The molecular weight excluding hydrogens is 487 g/mol. The van der Waals surface area contributed by atoms with Crippen LogP contribution in [0.1, 0.15) is 29.0 Å². The Bertz CT molecular complexity index is 1710. The lowest BCUT2D eigenvalue weighted by Crippen LogP contribution is -2.24. The monoisotopic (exact) mass is 500 g/mol. The lowest BCUT2D eigenvalue weighted by molar-refractivity contribution is 0.571. The predicted octanol–water partition coefficient (Wildman–Crippen LogP) is 5.32. The number of aromatic nitrogens is 2. The molecule has 5 aromatic rings. The SMILES string of the molecule is O=c1nc2s/c(=C\c3ccc(-c4cccc(Cl)c4Cl)o3)c(=O)n2c2sc3c(c12)CCCC3. The summed E-state index contributed by atoms with van der Waals surface area (Å²) in [5, 5.41) is 1.46. The minimum Gasteiger partial charge on any atom is -0.457 e. The zero-order valence-corrected chi connectivity index (χ0v) is 19.6. The Morgan fingerprint density at radius 3 is 2.78 bits per heavy atom. The number of hydrogen-bond donors (Lipinski definition) is 0. The number of furan rings is 1. The average Bonchev–Trinajstić information content (AvgIpc) is 3.47. The molecule has 0 spiro atoms. The van der Waals surface area contributed by atoms with Gasteiger partial charge in [-0.3, -0.25) is 9.59 Å². The van der Waals surface area contributed by atoms with Crippen molar-refractivity contribution >= 4 is 67.1 Å². The second-order valence-electron chi connectivity index (χ2n) is 7.65. The zero-order chi connectivity index (χ0) is 22.0. The van der Waals surface area contributed by atoms with Gasteiger partial charge in [-0.1, -0.05) is 40.6 Å². The van der Waals surface area contributed by atoms with E-state index in [-0.39, 0.29) is 11.1 Å². The van der Waals surface area contributed by atoms with Gasteiger partial charge < -0.3 is 4.42 Å². The van der Waals surface area contributed by atoms with E-state index in [0.717, 1.165) is 31.2 Å². The summed E-state index contributed by atoms with van der Waals surface area (Å²) < 4.78 is 7.95. The van der Waals surface area contributed by atoms with Gasteiger partial charge >= 0.3 is 0 Å². The van der Waals surface area contributed by atoms with Gasteiger partial charge in [-0.15, -0.1) is 11.3 Å². The van der Waals surface area contributed by atoms with Crippen molar-refractivity contribution < 1.29 is 4.42 Å². The molecule has 0 aliphatic heterocycles. The summed E-state index contributed by atoms with van der Waals surface area (Å²) in [7, 11) is 0. The van der Waals surface area contributed by atoms with Crippen molar-refractivity contribution in [3.05, 3.63) is 81.8 Å². The Morgan fingerprint density at radius 2 is 1.91 bits per heavy atom. The van der Waals surface area contributed by atoms with Gasteiger partial charge in [0.05, 0.1) is 15.4 Å². The van der Waals surface area contributed by atoms with Crippen LogP contribution >= 0.6 is 45.9 Å². The molecule has 1 aliphatic carbocycles. The quantitative estimate of drug-likeness (QED) is 0.328. The Kier molecular flexibility index (Phi) is 4.76. The number of nitrogens with zero attached hydrogens (tertiary/aromatic N) is 2. The van der Waals surface area contributed by atoms with Crippen molar-refractivity contribution in [2.24, 2.45) is 0 Å². The molecule has 0 N–H and O–H groups in total. The Morgan fingerprint density at radius 1 is 1.06 bits per heavy atom. The van der Waals surface area contributed by atoms with Crippen LogP contribution in [-0.4, -0.2) is 9.38 Å². The van der Waals surface area contributed by atoms with Crippen LogP contribution in [-0.2, 0) is 12.8 Å². The summed E-state index contributed by atoms with van der Waals surface area (Å²) in [6.45, 7) is 0. The van der Waals surface area contributed by atoms with Gasteiger partial charge in [0.2, 0.25) is 4.96 Å². The Labute approximate surface area is 199 Å². The van der Waals surface area contributed by atoms with Gasteiger partial charge in [0.25, 0.3) is 11.1 Å². The first kappa shape index (κ1) is 20.2. The van der Waals surface area contributed by atoms with Crippen LogP contribution in [0.2, 0.25) is 10.0 Å². The van der Waals surface area contributed by atoms with Crippen molar-refractivity contribution in [1.82, 2.24) is 9.38 Å². The van der Waals surface area contributed by atoms with Crippen molar-refractivity contribution in [2.45, 2.75) is 25.7 Å². The van der Waals surface area contributed by atoms with Crippen LogP contribution in [0.4, 0.5) is 0 Å². The third kappa shape index (κ3) is 3.07. The van der Waals surface area contributed by atoms with Crippen molar-refractivity contribution in [3.8, 4) is 11.3 Å². The number of aryl methyl sites for hydroxylation is 2. The van der Waals surface area contributed by atoms with Crippen LogP contribution < -0.4 is 15.7 Å². The molecule has 0 radical (unpaired) electrons. The third-order valence-corrected chi connectivity index (χ3v) is 8.76. The number of benzene rings is 1. The van der Waals surface area contributed by atoms with Gasteiger partial charge in [-0.2, -0.15) is 4.98 Å². The minimum absolute atomic E-state index is 0.195. The molecule has 5 nitrogen and oxygen atoms in total. The summed E-state index contributed by atoms with van der Waals surface area (Å²) in [6, 6.07) is 8.88. The highest BCUT2D eigenvalue weighted by atomic mass is 35.5. The maximum Gasteiger partial charge on any atom is 0.282 e. The number of rotatable bonds is 2. The first-order chi connectivity index (χ1) is 15.5. The van der Waals surface area contributed by atoms with E-state index in [1.165, 1.54) is 16.2 Å². The van der Waals surface area contributed by atoms with E-state index in [4.69, 9.17) is 27.6 Å². The highest BCUT2D eigenvalue weighted by Gasteiger charge is 2.22. The minimum atomic E-state index is -0.247.